The molecule has 33 heavy (non-hydrogen) atoms. The second kappa shape index (κ2) is 10.3. The highest BCUT2D eigenvalue weighted by Crippen LogP contribution is 2.60. The molecule has 6 atom stereocenters. The van der Waals surface area contributed by atoms with Crippen LogP contribution in [0, 0.1) is 11.8 Å². The number of carbonyl (C=O) groups excluding carboxylic acids is 3. The molecule has 1 spiro atoms. The van der Waals surface area contributed by atoms with E-state index >= 15 is 0 Å². The van der Waals surface area contributed by atoms with Crippen molar-refractivity contribution in [3.05, 3.63) is 25.3 Å². The summed E-state index contributed by atoms with van der Waals surface area (Å²) in [7, 11) is 0. The fraction of sp³-hybridized carbons (Fsp3) is 0.708. The predicted molar refractivity (Wildman–Crippen MR) is 129 cm³/mol. The minimum absolute atomic E-state index is 0.0146. The number of β-amino-alcohol motifs (C(OH)–C–C–N with tert-alkyl or cyclic N) is 1. The van der Waals surface area contributed by atoms with Gasteiger partial charge < -0.3 is 24.5 Å². The highest BCUT2D eigenvalue weighted by Gasteiger charge is 2.76. The van der Waals surface area contributed by atoms with Gasteiger partial charge in [-0.15, -0.1) is 13.2 Å². The number of alkyl halides is 1. The van der Waals surface area contributed by atoms with Crippen LogP contribution in [-0.4, -0.2) is 98.9 Å². The van der Waals surface area contributed by atoms with E-state index in [1.165, 1.54) is 4.90 Å². The number of carbonyl (C=O) groups is 3. The molecule has 8 nitrogen and oxygen atoms in total. The van der Waals surface area contributed by atoms with Gasteiger partial charge in [-0.05, 0) is 26.7 Å². The van der Waals surface area contributed by atoms with Gasteiger partial charge in [0, 0.05) is 37.0 Å². The molecule has 3 aliphatic heterocycles. The first-order chi connectivity index (χ1) is 15.7. The Morgan fingerprint density at radius 2 is 1.97 bits per heavy atom. The van der Waals surface area contributed by atoms with Crippen molar-refractivity contribution in [3.8, 4) is 0 Å². The maximum atomic E-state index is 13.9. The van der Waals surface area contributed by atoms with E-state index in [1.807, 2.05) is 20.8 Å². The van der Waals surface area contributed by atoms with Crippen LogP contribution in [0.3, 0.4) is 0 Å². The molecule has 3 rings (SSSR count). The number of aliphatic hydroxyl groups is 1. The summed E-state index contributed by atoms with van der Waals surface area (Å²) in [6.07, 6.45) is 4.08. The first kappa shape index (κ1) is 25.9. The van der Waals surface area contributed by atoms with Crippen LogP contribution >= 0.6 is 15.9 Å². The quantitative estimate of drug-likeness (QED) is 0.326. The maximum absolute atomic E-state index is 13.9. The fourth-order valence-corrected chi connectivity index (χ4v) is 6.76. The molecule has 3 unspecified atom stereocenters. The Balaban J connectivity index is 2.06. The molecule has 3 heterocycles. The second-order valence-corrected chi connectivity index (χ2v) is 10.5. The summed E-state index contributed by atoms with van der Waals surface area (Å²) < 4.78 is 6.49. The normalized spacial score (nSPS) is 32.2. The van der Waals surface area contributed by atoms with Crippen LogP contribution in [0.15, 0.2) is 25.3 Å². The fourth-order valence-electron chi connectivity index (χ4n) is 5.82. The number of fused-ring (bicyclic) bond motifs is 1. The lowest BCUT2D eigenvalue weighted by atomic mass is 9.70. The van der Waals surface area contributed by atoms with Crippen LogP contribution in [0.4, 0.5) is 0 Å². The molecule has 0 aromatic carbocycles. The average Bonchev–Trinajstić information content (AvgIpc) is 3.35. The largest absolute Gasteiger partial charge is 0.395 e. The van der Waals surface area contributed by atoms with Crippen molar-refractivity contribution in [1.82, 2.24) is 14.7 Å². The molecule has 3 amide bonds. The number of nitrogens with zero attached hydrogens (tertiary/aromatic N) is 3. The van der Waals surface area contributed by atoms with Gasteiger partial charge in [-0.3, -0.25) is 14.4 Å². The summed E-state index contributed by atoms with van der Waals surface area (Å²) in [6.45, 7) is 14.4. The van der Waals surface area contributed by atoms with E-state index in [0.717, 1.165) is 6.42 Å². The number of halogens is 1. The van der Waals surface area contributed by atoms with Gasteiger partial charge in [0.15, 0.2) is 0 Å². The molecule has 3 saturated heterocycles. The number of likely N-dealkylation sites (tertiary alicyclic amines) is 1. The third kappa shape index (κ3) is 4.17. The standard InChI is InChI=1S/C24H36BrN3O5/c1-6-9-26(10-7-2)21(30)17-18-22(31)28(12-13-29)20(23(32)27(11-8-3)15(4)5)24(18)14-16(25)19(17)33-24/h6,8,15-20,29H,1,3,7,9-14H2,2,4-5H3/t16?,17-,18-,19-,20?,24?/m0/s1. The van der Waals surface area contributed by atoms with E-state index in [0.29, 0.717) is 26.1 Å². The van der Waals surface area contributed by atoms with Crippen molar-refractivity contribution in [2.45, 2.75) is 62.2 Å². The van der Waals surface area contributed by atoms with E-state index in [9.17, 15) is 19.5 Å². The molecular weight excluding hydrogens is 490 g/mol. The number of hydrogen-bond donors (Lipinski definition) is 1. The number of ether oxygens (including phenoxy) is 1. The van der Waals surface area contributed by atoms with Crippen molar-refractivity contribution in [3.63, 3.8) is 0 Å². The van der Waals surface area contributed by atoms with Crippen LogP contribution in [0.2, 0.25) is 0 Å². The third-order valence-electron chi connectivity index (χ3n) is 7.04. The molecule has 3 fully saturated rings. The van der Waals surface area contributed by atoms with Crippen LogP contribution in [0.25, 0.3) is 0 Å². The SMILES string of the molecule is C=CCN(CCC)C(=O)[C@H]1[C@H]2C(=O)N(CCO)C(C(=O)N(CC=C)C(C)C)C23CC(Br)[C@@H]1O3. The highest BCUT2D eigenvalue weighted by molar-refractivity contribution is 9.09. The summed E-state index contributed by atoms with van der Waals surface area (Å²) in [4.78, 5) is 45.9. The molecule has 2 bridgehead atoms. The van der Waals surface area contributed by atoms with Crippen molar-refractivity contribution < 1.29 is 24.2 Å². The average molecular weight is 526 g/mol. The Morgan fingerprint density at radius 1 is 1.30 bits per heavy atom. The summed E-state index contributed by atoms with van der Waals surface area (Å²) in [5, 5.41) is 9.71. The molecule has 0 aromatic heterocycles. The topological polar surface area (TPSA) is 90.4 Å². The van der Waals surface area contributed by atoms with Gasteiger partial charge in [-0.1, -0.05) is 35.0 Å². The number of rotatable bonds is 11. The minimum atomic E-state index is -1.11. The lowest BCUT2D eigenvalue weighted by molar-refractivity contribution is -0.150. The first-order valence-electron chi connectivity index (χ1n) is 11.7. The van der Waals surface area contributed by atoms with E-state index in [2.05, 4.69) is 29.1 Å². The van der Waals surface area contributed by atoms with Crippen molar-refractivity contribution in [1.29, 1.82) is 0 Å². The van der Waals surface area contributed by atoms with Crippen molar-refractivity contribution >= 4 is 33.7 Å². The lowest BCUT2D eigenvalue weighted by Gasteiger charge is -2.38. The van der Waals surface area contributed by atoms with Gasteiger partial charge in [0.2, 0.25) is 17.7 Å². The Labute approximate surface area is 204 Å². The molecule has 0 aromatic rings. The van der Waals surface area contributed by atoms with Crippen molar-refractivity contribution in [2.24, 2.45) is 11.8 Å². The number of hydrogen-bond acceptors (Lipinski definition) is 5. The van der Waals surface area contributed by atoms with Gasteiger partial charge in [0.25, 0.3) is 0 Å². The number of aliphatic hydroxyl groups excluding tert-OH is 1. The zero-order chi connectivity index (χ0) is 24.5. The molecule has 1 N–H and O–H groups in total. The van der Waals surface area contributed by atoms with Gasteiger partial charge in [-0.2, -0.15) is 0 Å². The number of amides is 3. The van der Waals surface area contributed by atoms with E-state index in [-0.39, 0.29) is 41.7 Å². The van der Waals surface area contributed by atoms with Gasteiger partial charge in [0.1, 0.15) is 11.6 Å². The van der Waals surface area contributed by atoms with Crippen LogP contribution in [-0.2, 0) is 19.1 Å². The van der Waals surface area contributed by atoms with Gasteiger partial charge in [-0.25, -0.2) is 0 Å². The predicted octanol–water partition coefficient (Wildman–Crippen LogP) is 1.57. The van der Waals surface area contributed by atoms with Gasteiger partial charge >= 0.3 is 0 Å². The zero-order valence-electron chi connectivity index (χ0n) is 19.8. The molecule has 0 saturated carbocycles. The van der Waals surface area contributed by atoms with Crippen molar-refractivity contribution in [2.75, 3.05) is 32.8 Å². The summed E-state index contributed by atoms with van der Waals surface area (Å²) in [5.74, 6) is -2.12. The monoisotopic (exact) mass is 525 g/mol. The third-order valence-corrected chi connectivity index (χ3v) is 7.88. The molecular formula is C24H36BrN3O5. The molecule has 184 valence electrons. The Bertz CT molecular complexity index is 805. The molecule has 3 aliphatic rings. The smallest absolute Gasteiger partial charge is 0.248 e. The van der Waals surface area contributed by atoms with E-state index < -0.39 is 29.6 Å². The molecule has 0 aliphatic carbocycles. The zero-order valence-corrected chi connectivity index (χ0v) is 21.4. The minimum Gasteiger partial charge on any atom is -0.395 e. The van der Waals surface area contributed by atoms with E-state index in [4.69, 9.17) is 4.74 Å². The molecule has 0 radical (unpaired) electrons. The van der Waals surface area contributed by atoms with Crippen LogP contribution < -0.4 is 0 Å². The molecule has 9 heteroatoms. The van der Waals surface area contributed by atoms with Gasteiger partial charge in [0.05, 0.1) is 24.5 Å². The highest BCUT2D eigenvalue weighted by atomic mass is 79.9. The van der Waals surface area contributed by atoms with E-state index in [1.54, 1.807) is 22.0 Å². The first-order valence-corrected chi connectivity index (χ1v) is 12.7. The maximum Gasteiger partial charge on any atom is 0.248 e. The Morgan fingerprint density at radius 3 is 2.52 bits per heavy atom. The van der Waals surface area contributed by atoms with Crippen LogP contribution in [0.5, 0.6) is 0 Å². The Hall–Kier alpha value is -1.71. The van der Waals surface area contributed by atoms with Crippen LogP contribution in [0.1, 0.15) is 33.6 Å². The Kier molecular flexibility index (Phi) is 8.07. The summed E-state index contributed by atoms with van der Waals surface area (Å²) in [6, 6.07) is -1.01. The second-order valence-electron chi connectivity index (χ2n) is 9.36. The summed E-state index contributed by atoms with van der Waals surface area (Å²) in [5.41, 5.74) is -1.11. The summed E-state index contributed by atoms with van der Waals surface area (Å²) >= 11 is 3.68. The lowest BCUT2D eigenvalue weighted by Crippen LogP contribution is -2.58.